The van der Waals surface area contributed by atoms with Gasteiger partial charge in [-0.3, -0.25) is 0 Å². The van der Waals surface area contributed by atoms with Gasteiger partial charge >= 0.3 is 0 Å². The largest absolute Gasteiger partial charge is 0.288 e. The monoisotopic (exact) mass is 382 g/mol. The summed E-state index contributed by atoms with van der Waals surface area (Å²) in [5.41, 5.74) is 1.34. The van der Waals surface area contributed by atoms with Gasteiger partial charge in [0.05, 0.1) is 0 Å². The number of thioether (sulfide) groups is 1. The Morgan fingerprint density at radius 3 is 2.00 bits per heavy atom. The van der Waals surface area contributed by atoms with Crippen LogP contribution in [0.5, 0.6) is 0 Å². The molecule has 1 aromatic rings. The van der Waals surface area contributed by atoms with Crippen LogP contribution in [0.2, 0.25) is 0 Å². The van der Waals surface area contributed by atoms with Gasteiger partial charge in [-0.1, -0.05) is 88.6 Å². The maximum Gasteiger partial charge on any atom is 0.288 e. The molecule has 1 aliphatic rings. The van der Waals surface area contributed by atoms with Crippen molar-refractivity contribution in [3.63, 3.8) is 0 Å². The summed E-state index contributed by atoms with van der Waals surface area (Å²) in [7, 11) is 0. The summed E-state index contributed by atoms with van der Waals surface area (Å²) >= 11 is 0.639. The Balaban J connectivity index is 1.57. The van der Waals surface area contributed by atoms with E-state index in [1.54, 1.807) is 0 Å². The molecule has 1 aromatic carbocycles. The fourth-order valence-electron chi connectivity index (χ4n) is 4.27. The van der Waals surface area contributed by atoms with Gasteiger partial charge in [-0.25, -0.2) is 0 Å². The Bertz CT molecular complexity index is 464. The third-order valence-corrected chi connectivity index (χ3v) is 6.61. The Hall–Kier alpha value is -0.570. The molecule has 0 unspecified atom stereocenters. The Morgan fingerprint density at radius 2 is 1.42 bits per heavy atom. The number of hydrogen-bond acceptors (Lipinski definition) is 1. The van der Waals surface area contributed by atoms with Crippen LogP contribution in [0.4, 0.5) is 8.78 Å². The van der Waals surface area contributed by atoms with Crippen molar-refractivity contribution < 1.29 is 8.78 Å². The van der Waals surface area contributed by atoms with E-state index in [9.17, 15) is 8.78 Å². The standard InChI is InChI=1S/C23H36F2S/c1-2-3-4-5-6-7-8-9-10-19-11-13-20(14-12-19)21-15-17-22(18-16-21)26-23(24)25/h15-20,23H,2-14H2,1H3/t19-,20-. The molecule has 3 heteroatoms. The topological polar surface area (TPSA) is 0 Å². The number of unbranched alkanes of at least 4 members (excludes halogenated alkanes) is 7. The number of alkyl halides is 2. The molecule has 0 N–H and O–H groups in total. The molecular weight excluding hydrogens is 346 g/mol. The number of benzene rings is 1. The second-order valence-electron chi connectivity index (χ2n) is 7.93. The molecule has 1 saturated carbocycles. The van der Waals surface area contributed by atoms with Gasteiger partial charge in [0.15, 0.2) is 0 Å². The quantitative estimate of drug-likeness (QED) is 0.257. The van der Waals surface area contributed by atoms with E-state index >= 15 is 0 Å². The SMILES string of the molecule is CCCCCCCCCC[C@H]1CC[C@H](c2ccc(SC(F)F)cc2)CC1. The molecule has 1 aliphatic carbocycles. The number of halogens is 2. The van der Waals surface area contributed by atoms with Crippen molar-refractivity contribution in [2.45, 2.75) is 107 Å². The fraction of sp³-hybridized carbons (Fsp3) is 0.739. The van der Waals surface area contributed by atoms with Crippen LogP contribution in [0, 0.1) is 5.92 Å². The molecule has 0 aromatic heterocycles. The Labute approximate surface area is 163 Å². The van der Waals surface area contributed by atoms with E-state index in [1.807, 2.05) is 12.1 Å². The second kappa shape index (κ2) is 12.8. The van der Waals surface area contributed by atoms with E-state index in [1.165, 1.54) is 89.0 Å². The summed E-state index contributed by atoms with van der Waals surface area (Å²) in [6.45, 7) is 2.27. The zero-order chi connectivity index (χ0) is 18.6. The maximum absolute atomic E-state index is 12.4. The third-order valence-electron chi connectivity index (χ3n) is 5.89. The van der Waals surface area contributed by atoms with Gasteiger partial charge < -0.3 is 0 Å². The highest BCUT2D eigenvalue weighted by atomic mass is 32.2. The van der Waals surface area contributed by atoms with Crippen LogP contribution in [-0.2, 0) is 0 Å². The van der Waals surface area contributed by atoms with E-state index in [2.05, 4.69) is 19.1 Å². The number of hydrogen-bond donors (Lipinski definition) is 0. The first-order valence-corrected chi connectivity index (χ1v) is 11.6. The van der Waals surface area contributed by atoms with Crippen LogP contribution >= 0.6 is 11.8 Å². The molecule has 26 heavy (non-hydrogen) atoms. The van der Waals surface area contributed by atoms with Crippen molar-refractivity contribution in [3.05, 3.63) is 29.8 Å². The zero-order valence-corrected chi connectivity index (χ0v) is 17.2. The van der Waals surface area contributed by atoms with Crippen LogP contribution in [0.3, 0.4) is 0 Å². The minimum absolute atomic E-state index is 0.635. The average Bonchev–Trinajstić information content (AvgIpc) is 2.65. The molecule has 0 amide bonds. The minimum Gasteiger partial charge on any atom is -0.198 e. The van der Waals surface area contributed by atoms with Crippen LogP contribution in [0.1, 0.15) is 102 Å². The Kier molecular flexibility index (Phi) is 10.7. The summed E-state index contributed by atoms with van der Waals surface area (Å²) in [5, 5.41) is 0. The molecule has 0 bridgehead atoms. The first-order valence-electron chi connectivity index (χ1n) is 10.7. The van der Waals surface area contributed by atoms with Gasteiger partial charge in [-0.2, -0.15) is 8.78 Å². The number of rotatable bonds is 12. The molecule has 148 valence electrons. The molecule has 0 spiro atoms. The smallest absolute Gasteiger partial charge is 0.198 e. The third kappa shape index (κ3) is 8.41. The lowest BCUT2D eigenvalue weighted by Gasteiger charge is -2.29. The first-order chi connectivity index (χ1) is 12.7. The normalized spacial score (nSPS) is 20.6. The minimum atomic E-state index is -2.33. The van der Waals surface area contributed by atoms with Gasteiger partial charge in [-0.15, -0.1) is 0 Å². The fourth-order valence-corrected chi connectivity index (χ4v) is 4.77. The summed E-state index contributed by atoms with van der Waals surface area (Å²) < 4.78 is 24.8. The van der Waals surface area contributed by atoms with Crippen LogP contribution in [-0.4, -0.2) is 5.76 Å². The van der Waals surface area contributed by atoms with Gasteiger partial charge in [0, 0.05) is 4.90 Å². The van der Waals surface area contributed by atoms with E-state index in [4.69, 9.17) is 0 Å². The van der Waals surface area contributed by atoms with E-state index in [0.29, 0.717) is 22.6 Å². The molecular formula is C23H36F2S. The van der Waals surface area contributed by atoms with E-state index in [-0.39, 0.29) is 0 Å². The van der Waals surface area contributed by atoms with Gasteiger partial charge in [0.1, 0.15) is 0 Å². The van der Waals surface area contributed by atoms with Crippen molar-refractivity contribution in [2.75, 3.05) is 0 Å². The maximum atomic E-state index is 12.4. The highest BCUT2D eigenvalue weighted by Gasteiger charge is 2.22. The van der Waals surface area contributed by atoms with Crippen molar-refractivity contribution >= 4 is 11.8 Å². The summed E-state index contributed by atoms with van der Waals surface area (Å²) in [5.74, 6) is -0.775. The summed E-state index contributed by atoms with van der Waals surface area (Å²) in [4.78, 5) is 0.673. The molecule has 0 nitrogen and oxygen atoms in total. The van der Waals surface area contributed by atoms with E-state index in [0.717, 1.165) is 5.92 Å². The van der Waals surface area contributed by atoms with Crippen LogP contribution in [0.25, 0.3) is 0 Å². The molecule has 0 heterocycles. The Morgan fingerprint density at radius 1 is 0.846 bits per heavy atom. The van der Waals surface area contributed by atoms with Crippen molar-refractivity contribution in [1.82, 2.24) is 0 Å². The average molecular weight is 383 g/mol. The molecule has 2 rings (SSSR count). The second-order valence-corrected chi connectivity index (χ2v) is 8.99. The lowest BCUT2D eigenvalue weighted by Crippen LogP contribution is -2.13. The van der Waals surface area contributed by atoms with E-state index < -0.39 is 5.76 Å². The summed E-state index contributed by atoms with van der Waals surface area (Å²) in [6, 6.07) is 7.85. The highest BCUT2D eigenvalue weighted by Crippen LogP contribution is 2.38. The molecule has 1 fully saturated rings. The molecule has 0 atom stereocenters. The van der Waals surface area contributed by atoms with Crippen LogP contribution in [0.15, 0.2) is 29.2 Å². The van der Waals surface area contributed by atoms with Gasteiger partial charge in [0.2, 0.25) is 0 Å². The lowest BCUT2D eigenvalue weighted by molar-refractivity contribution is 0.252. The predicted octanol–water partition coefficient (Wildman–Crippen LogP) is 8.81. The zero-order valence-electron chi connectivity index (χ0n) is 16.4. The molecule has 0 aliphatic heterocycles. The van der Waals surface area contributed by atoms with Crippen LogP contribution < -0.4 is 0 Å². The molecule has 0 saturated heterocycles. The van der Waals surface area contributed by atoms with Gasteiger partial charge in [0.25, 0.3) is 5.76 Å². The van der Waals surface area contributed by atoms with Crippen molar-refractivity contribution in [2.24, 2.45) is 5.92 Å². The first kappa shape index (κ1) is 21.7. The van der Waals surface area contributed by atoms with Crippen molar-refractivity contribution in [3.8, 4) is 0 Å². The lowest BCUT2D eigenvalue weighted by atomic mass is 9.77. The predicted molar refractivity (Wildman–Crippen MR) is 110 cm³/mol. The van der Waals surface area contributed by atoms with Gasteiger partial charge in [-0.05, 0) is 55.2 Å². The van der Waals surface area contributed by atoms with Crippen molar-refractivity contribution in [1.29, 1.82) is 0 Å². The summed E-state index contributed by atoms with van der Waals surface area (Å²) in [6.07, 6.45) is 17.9. The highest BCUT2D eigenvalue weighted by molar-refractivity contribution is 7.99. The molecule has 0 radical (unpaired) electrons.